The predicted octanol–water partition coefficient (Wildman–Crippen LogP) is 3.41. The first-order chi connectivity index (χ1) is 8.97. The zero-order valence-electron chi connectivity index (χ0n) is 12.3. The molecule has 1 atom stereocenters. The highest BCUT2D eigenvalue weighted by Crippen LogP contribution is 2.30. The Morgan fingerprint density at radius 2 is 2.11 bits per heavy atom. The lowest BCUT2D eigenvalue weighted by Gasteiger charge is -2.23. The van der Waals surface area contributed by atoms with Crippen LogP contribution in [0.15, 0.2) is 22.7 Å². The van der Waals surface area contributed by atoms with Gasteiger partial charge in [-0.05, 0) is 38.5 Å². The Hall–Kier alpha value is -0.740. The average Bonchev–Trinajstić information content (AvgIpc) is 2.77. The summed E-state index contributed by atoms with van der Waals surface area (Å²) < 4.78 is 1.12. The lowest BCUT2D eigenvalue weighted by molar-refractivity contribution is 0.274. The molecule has 0 saturated carbocycles. The maximum absolute atomic E-state index is 3.70. The van der Waals surface area contributed by atoms with Gasteiger partial charge in [-0.2, -0.15) is 0 Å². The van der Waals surface area contributed by atoms with E-state index in [9.17, 15) is 0 Å². The summed E-state index contributed by atoms with van der Waals surface area (Å²) in [7, 11) is 4.17. The number of anilines is 2. The summed E-state index contributed by atoms with van der Waals surface area (Å²) in [6.45, 7) is 6.87. The minimum absolute atomic E-state index is 0.551. The van der Waals surface area contributed by atoms with Gasteiger partial charge in [-0.25, -0.2) is 0 Å². The van der Waals surface area contributed by atoms with Crippen LogP contribution in [0.5, 0.6) is 0 Å². The van der Waals surface area contributed by atoms with E-state index in [0.29, 0.717) is 12.1 Å². The first kappa shape index (κ1) is 14.7. The second-order valence-corrected chi connectivity index (χ2v) is 6.69. The van der Waals surface area contributed by atoms with Crippen LogP contribution in [-0.4, -0.2) is 44.2 Å². The van der Waals surface area contributed by atoms with Gasteiger partial charge in [0.15, 0.2) is 0 Å². The summed E-state index contributed by atoms with van der Waals surface area (Å²) in [4.78, 5) is 4.69. The van der Waals surface area contributed by atoms with Gasteiger partial charge in [0.05, 0.1) is 11.4 Å². The van der Waals surface area contributed by atoms with Crippen molar-refractivity contribution in [1.29, 1.82) is 0 Å². The van der Waals surface area contributed by atoms with E-state index in [1.165, 1.54) is 24.3 Å². The number of hydrogen-bond donors (Lipinski definition) is 1. The Morgan fingerprint density at radius 1 is 1.37 bits per heavy atom. The number of benzene rings is 1. The molecule has 0 aromatic heterocycles. The van der Waals surface area contributed by atoms with Gasteiger partial charge in [0.1, 0.15) is 0 Å². The average molecular weight is 326 g/mol. The number of nitrogens with one attached hydrogen (secondary N) is 1. The fraction of sp³-hybridized carbons (Fsp3) is 0.600. The molecule has 0 aliphatic carbocycles. The normalized spacial score (nSPS) is 20.0. The van der Waals surface area contributed by atoms with Crippen molar-refractivity contribution in [3.63, 3.8) is 0 Å². The molecule has 1 saturated heterocycles. The van der Waals surface area contributed by atoms with E-state index in [0.717, 1.165) is 11.0 Å². The molecule has 1 unspecified atom stereocenters. The fourth-order valence-corrected chi connectivity index (χ4v) is 2.97. The van der Waals surface area contributed by atoms with E-state index in [-0.39, 0.29) is 0 Å². The van der Waals surface area contributed by atoms with Gasteiger partial charge in [-0.15, -0.1) is 0 Å². The SMILES string of the molecule is CC(C)N1CCC(Nc2cc(Br)ccc2N(C)C)C1. The number of halogens is 1. The first-order valence-electron chi connectivity index (χ1n) is 6.95. The lowest BCUT2D eigenvalue weighted by atomic mass is 10.2. The van der Waals surface area contributed by atoms with Crippen molar-refractivity contribution in [2.75, 3.05) is 37.4 Å². The smallest absolute Gasteiger partial charge is 0.0597 e. The zero-order valence-corrected chi connectivity index (χ0v) is 13.9. The highest BCUT2D eigenvalue weighted by Gasteiger charge is 2.24. The Labute approximate surface area is 125 Å². The molecule has 0 radical (unpaired) electrons. The van der Waals surface area contributed by atoms with Crippen molar-refractivity contribution in [1.82, 2.24) is 4.90 Å². The molecule has 19 heavy (non-hydrogen) atoms. The van der Waals surface area contributed by atoms with Crippen molar-refractivity contribution in [2.24, 2.45) is 0 Å². The monoisotopic (exact) mass is 325 g/mol. The molecule has 1 heterocycles. The molecule has 0 amide bonds. The van der Waals surface area contributed by atoms with E-state index >= 15 is 0 Å². The third-order valence-corrected chi connectivity index (χ3v) is 4.24. The van der Waals surface area contributed by atoms with Crippen LogP contribution in [0.25, 0.3) is 0 Å². The molecule has 1 aromatic carbocycles. The molecule has 0 bridgehead atoms. The molecule has 1 aromatic rings. The van der Waals surface area contributed by atoms with E-state index < -0.39 is 0 Å². The van der Waals surface area contributed by atoms with Gasteiger partial charge in [0.2, 0.25) is 0 Å². The zero-order chi connectivity index (χ0) is 14.0. The Bertz CT molecular complexity index is 431. The molecule has 2 rings (SSSR count). The first-order valence-corrected chi connectivity index (χ1v) is 7.74. The van der Waals surface area contributed by atoms with Crippen LogP contribution < -0.4 is 10.2 Å². The molecule has 1 fully saturated rings. The van der Waals surface area contributed by atoms with Gasteiger partial charge in [-0.3, -0.25) is 4.90 Å². The predicted molar refractivity (Wildman–Crippen MR) is 87.2 cm³/mol. The Balaban J connectivity index is 2.09. The standard InChI is InChI=1S/C15H24BrN3/c1-11(2)19-8-7-13(10-19)17-14-9-12(16)5-6-15(14)18(3)4/h5-6,9,11,13,17H,7-8,10H2,1-4H3. The third-order valence-electron chi connectivity index (χ3n) is 3.75. The topological polar surface area (TPSA) is 18.5 Å². The van der Waals surface area contributed by atoms with E-state index in [4.69, 9.17) is 0 Å². The number of nitrogens with zero attached hydrogens (tertiary/aromatic N) is 2. The van der Waals surface area contributed by atoms with Crippen LogP contribution in [-0.2, 0) is 0 Å². The summed E-state index contributed by atoms with van der Waals surface area (Å²) in [5.41, 5.74) is 2.46. The Kier molecular flexibility index (Phi) is 4.74. The molecule has 106 valence electrons. The van der Waals surface area contributed by atoms with Crippen LogP contribution in [0.3, 0.4) is 0 Å². The van der Waals surface area contributed by atoms with Crippen LogP contribution >= 0.6 is 15.9 Å². The van der Waals surface area contributed by atoms with Gasteiger partial charge in [-0.1, -0.05) is 15.9 Å². The molecule has 1 aliphatic rings. The second-order valence-electron chi connectivity index (χ2n) is 5.77. The number of hydrogen-bond acceptors (Lipinski definition) is 3. The summed E-state index contributed by atoms with van der Waals surface area (Å²) in [6, 6.07) is 7.61. The molecule has 4 heteroatoms. The molecular weight excluding hydrogens is 302 g/mol. The van der Waals surface area contributed by atoms with Crippen molar-refractivity contribution in [3.8, 4) is 0 Å². The van der Waals surface area contributed by atoms with Crippen LogP contribution in [0.1, 0.15) is 20.3 Å². The van der Waals surface area contributed by atoms with E-state index in [1.54, 1.807) is 0 Å². The van der Waals surface area contributed by atoms with Crippen LogP contribution in [0.4, 0.5) is 11.4 Å². The highest BCUT2D eigenvalue weighted by atomic mass is 79.9. The summed E-state index contributed by atoms with van der Waals surface area (Å²) in [5, 5.41) is 3.70. The second kappa shape index (κ2) is 6.14. The van der Waals surface area contributed by atoms with Gasteiger partial charge in [0.25, 0.3) is 0 Å². The molecule has 3 nitrogen and oxygen atoms in total. The van der Waals surface area contributed by atoms with Gasteiger partial charge in [0, 0.05) is 43.7 Å². The summed E-state index contributed by atoms with van der Waals surface area (Å²) >= 11 is 3.56. The van der Waals surface area contributed by atoms with Crippen molar-refractivity contribution < 1.29 is 0 Å². The molecule has 1 aliphatic heterocycles. The summed E-state index contributed by atoms with van der Waals surface area (Å²) in [6.07, 6.45) is 1.22. The molecule has 0 spiro atoms. The number of likely N-dealkylation sites (tertiary alicyclic amines) is 1. The van der Waals surface area contributed by atoms with Crippen molar-refractivity contribution in [2.45, 2.75) is 32.4 Å². The molecular formula is C15H24BrN3. The summed E-state index contributed by atoms with van der Waals surface area (Å²) in [5.74, 6) is 0. The maximum Gasteiger partial charge on any atom is 0.0597 e. The largest absolute Gasteiger partial charge is 0.379 e. The lowest BCUT2D eigenvalue weighted by Crippen LogP contribution is -2.31. The number of rotatable bonds is 4. The third kappa shape index (κ3) is 3.63. The maximum atomic E-state index is 3.70. The minimum Gasteiger partial charge on any atom is -0.379 e. The molecule has 1 N–H and O–H groups in total. The quantitative estimate of drug-likeness (QED) is 0.915. The van der Waals surface area contributed by atoms with Crippen molar-refractivity contribution in [3.05, 3.63) is 22.7 Å². The minimum atomic E-state index is 0.551. The van der Waals surface area contributed by atoms with Gasteiger partial charge >= 0.3 is 0 Å². The Morgan fingerprint density at radius 3 is 2.68 bits per heavy atom. The van der Waals surface area contributed by atoms with E-state index in [1.807, 2.05) is 0 Å². The van der Waals surface area contributed by atoms with Crippen molar-refractivity contribution >= 4 is 27.3 Å². The van der Waals surface area contributed by atoms with Crippen LogP contribution in [0, 0.1) is 0 Å². The fourth-order valence-electron chi connectivity index (χ4n) is 2.61. The van der Waals surface area contributed by atoms with Gasteiger partial charge < -0.3 is 10.2 Å². The van der Waals surface area contributed by atoms with Crippen LogP contribution in [0.2, 0.25) is 0 Å². The highest BCUT2D eigenvalue weighted by molar-refractivity contribution is 9.10. The van der Waals surface area contributed by atoms with E-state index in [2.05, 4.69) is 77.2 Å².